The fraction of sp³-hybridized carbons (Fsp3) is 0.400. The molecule has 1 aliphatic rings. The molecular formula is C10H10. The van der Waals surface area contributed by atoms with Crippen molar-refractivity contribution in [2.75, 3.05) is 0 Å². The van der Waals surface area contributed by atoms with Crippen molar-refractivity contribution in [1.29, 1.82) is 0 Å². The molecule has 0 heteroatoms. The molecule has 10 heavy (non-hydrogen) atoms. The predicted octanol–water partition coefficient (Wildman–Crippen LogP) is 1.84. The van der Waals surface area contributed by atoms with E-state index in [1.165, 1.54) is 0 Å². The summed E-state index contributed by atoms with van der Waals surface area (Å²) in [4.78, 5) is 0. The molecule has 0 saturated carbocycles. The Balaban J connectivity index is 2.56. The van der Waals surface area contributed by atoms with Gasteiger partial charge in [0, 0.05) is 11.8 Å². The molecular weight excluding hydrogens is 120 g/mol. The van der Waals surface area contributed by atoms with Crippen LogP contribution >= 0.6 is 0 Å². The molecule has 0 amide bonds. The van der Waals surface area contributed by atoms with Crippen molar-refractivity contribution in [3.63, 3.8) is 0 Å². The lowest BCUT2D eigenvalue weighted by Gasteiger charge is -2.14. The molecule has 0 spiro atoms. The summed E-state index contributed by atoms with van der Waals surface area (Å²) >= 11 is 0. The maximum absolute atomic E-state index is 5.24. The first-order valence-corrected chi connectivity index (χ1v) is 3.47. The van der Waals surface area contributed by atoms with E-state index in [2.05, 4.69) is 11.8 Å². The fourth-order valence-electron chi connectivity index (χ4n) is 1.10. The third kappa shape index (κ3) is 1.42. The van der Waals surface area contributed by atoms with Crippen LogP contribution in [0.1, 0.15) is 12.8 Å². The third-order valence-corrected chi connectivity index (χ3v) is 1.79. The van der Waals surface area contributed by atoms with E-state index in [1.54, 1.807) is 0 Å². The second kappa shape index (κ2) is 3.14. The van der Waals surface area contributed by atoms with Crippen LogP contribution in [0.15, 0.2) is 12.2 Å². The van der Waals surface area contributed by atoms with Gasteiger partial charge in [-0.1, -0.05) is 24.0 Å². The number of hydrogen-bond acceptors (Lipinski definition) is 0. The Morgan fingerprint density at radius 1 is 1.00 bits per heavy atom. The maximum Gasteiger partial charge on any atom is 0.0381 e. The monoisotopic (exact) mass is 130 g/mol. The van der Waals surface area contributed by atoms with Crippen LogP contribution in [0.4, 0.5) is 0 Å². The Morgan fingerprint density at radius 2 is 1.40 bits per heavy atom. The highest BCUT2D eigenvalue weighted by Gasteiger charge is 2.10. The van der Waals surface area contributed by atoms with E-state index in [0.717, 1.165) is 12.8 Å². The van der Waals surface area contributed by atoms with Crippen molar-refractivity contribution in [3.05, 3.63) is 12.2 Å². The van der Waals surface area contributed by atoms with Crippen molar-refractivity contribution in [3.8, 4) is 24.7 Å². The minimum absolute atomic E-state index is 0.324. The van der Waals surface area contributed by atoms with Gasteiger partial charge in [-0.25, -0.2) is 0 Å². The third-order valence-electron chi connectivity index (χ3n) is 1.79. The second-order valence-electron chi connectivity index (χ2n) is 2.51. The molecule has 0 bridgehead atoms. The zero-order valence-corrected chi connectivity index (χ0v) is 5.88. The molecule has 0 aromatic carbocycles. The molecule has 50 valence electrons. The number of terminal acetylenes is 2. The normalized spacial score (nSPS) is 30.6. The number of rotatable bonds is 0. The van der Waals surface area contributed by atoms with E-state index in [-0.39, 0.29) is 0 Å². The molecule has 0 heterocycles. The zero-order chi connectivity index (χ0) is 7.40. The molecule has 0 N–H and O–H groups in total. The van der Waals surface area contributed by atoms with Crippen LogP contribution < -0.4 is 0 Å². The van der Waals surface area contributed by atoms with Gasteiger partial charge in [0.15, 0.2) is 0 Å². The van der Waals surface area contributed by atoms with Crippen LogP contribution in [-0.2, 0) is 0 Å². The van der Waals surface area contributed by atoms with Gasteiger partial charge in [-0.15, -0.1) is 12.8 Å². The average Bonchev–Trinajstić information content (AvgIpc) is 2.05. The maximum atomic E-state index is 5.24. The summed E-state index contributed by atoms with van der Waals surface area (Å²) in [7, 11) is 0. The highest BCUT2D eigenvalue weighted by molar-refractivity contribution is 5.15. The summed E-state index contributed by atoms with van der Waals surface area (Å²) < 4.78 is 0. The highest BCUT2D eigenvalue weighted by Crippen LogP contribution is 2.20. The first-order valence-electron chi connectivity index (χ1n) is 3.47. The van der Waals surface area contributed by atoms with Crippen molar-refractivity contribution in [2.45, 2.75) is 12.8 Å². The molecule has 0 unspecified atom stereocenters. The zero-order valence-electron chi connectivity index (χ0n) is 5.88. The second-order valence-corrected chi connectivity index (χ2v) is 2.51. The van der Waals surface area contributed by atoms with Crippen LogP contribution in [0.2, 0.25) is 0 Å². The van der Waals surface area contributed by atoms with Gasteiger partial charge in [0.25, 0.3) is 0 Å². The van der Waals surface area contributed by atoms with Crippen LogP contribution in [-0.4, -0.2) is 0 Å². The molecule has 0 saturated heterocycles. The van der Waals surface area contributed by atoms with E-state index in [0.29, 0.717) is 11.8 Å². The van der Waals surface area contributed by atoms with E-state index in [1.807, 2.05) is 12.2 Å². The van der Waals surface area contributed by atoms with E-state index < -0.39 is 0 Å². The largest absolute Gasteiger partial charge is 0.119 e. The van der Waals surface area contributed by atoms with Crippen molar-refractivity contribution in [2.24, 2.45) is 11.8 Å². The quantitative estimate of drug-likeness (QED) is 0.346. The van der Waals surface area contributed by atoms with Gasteiger partial charge >= 0.3 is 0 Å². The number of hydrogen-bond donors (Lipinski definition) is 0. The molecule has 0 aliphatic heterocycles. The van der Waals surface area contributed by atoms with Gasteiger partial charge in [0.05, 0.1) is 0 Å². The molecule has 0 nitrogen and oxygen atoms in total. The molecule has 0 radical (unpaired) electrons. The first-order chi connectivity index (χ1) is 4.86. The lowest BCUT2D eigenvalue weighted by molar-refractivity contribution is 0.584. The highest BCUT2D eigenvalue weighted by atomic mass is 14.1. The van der Waals surface area contributed by atoms with Crippen LogP contribution in [0.5, 0.6) is 0 Å². The van der Waals surface area contributed by atoms with Crippen molar-refractivity contribution in [1.82, 2.24) is 0 Å². The van der Waals surface area contributed by atoms with Gasteiger partial charge < -0.3 is 0 Å². The predicted molar refractivity (Wildman–Crippen MR) is 43.0 cm³/mol. The minimum atomic E-state index is 0.324. The standard InChI is InChI=1S/C10H10/c1-3-9-5-7-10(4-2)8-6-9/h1-2,5,7,9-10H,6,8H2/t9-,10-/m1/s1. The molecule has 1 rings (SSSR count). The minimum Gasteiger partial charge on any atom is -0.119 e. The summed E-state index contributed by atoms with van der Waals surface area (Å²) in [6.07, 6.45) is 16.6. The topological polar surface area (TPSA) is 0 Å². The average molecular weight is 130 g/mol. The Hall–Kier alpha value is -1.14. The summed E-state index contributed by atoms with van der Waals surface area (Å²) in [5.41, 5.74) is 0. The summed E-state index contributed by atoms with van der Waals surface area (Å²) in [5, 5.41) is 0. The Bertz CT molecular complexity index is 185. The SMILES string of the molecule is C#C[C@@H]1C=C[C@@H](C#C)CC1. The van der Waals surface area contributed by atoms with E-state index in [9.17, 15) is 0 Å². The van der Waals surface area contributed by atoms with Crippen LogP contribution in [0.25, 0.3) is 0 Å². The van der Waals surface area contributed by atoms with Gasteiger partial charge in [0.2, 0.25) is 0 Å². The van der Waals surface area contributed by atoms with Crippen LogP contribution in [0, 0.1) is 36.5 Å². The lowest BCUT2D eigenvalue weighted by Crippen LogP contribution is -2.04. The molecule has 0 aromatic heterocycles. The molecule has 2 atom stereocenters. The summed E-state index contributed by atoms with van der Waals surface area (Å²) in [5.74, 6) is 6.03. The Kier molecular flexibility index (Phi) is 2.19. The van der Waals surface area contributed by atoms with Gasteiger partial charge in [-0.3, -0.25) is 0 Å². The van der Waals surface area contributed by atoms with E-state index >= 15 is 0 Å². The molecule has 1 aliphatic carbocycles. The Morgan fingerprint density at radius 3 is 1.60 bits per heavy atom. The van der Waals surface area contributed by atoms with Gasteiger partial charge in [-0.05, 0) is 12.8 Å². The lowest BCUT2D eigenvalue weighted by atomic mass is 9.90. The number of allylic oxidation sites excluding steroid dienone is 2. The van der Waals surface area contributed by atoms with E-state index in [4.69, 9.17) is 12.8 Å². The molecule has 0 aromatic rings. The smallest absolute Gasteiger partial charge is 0.0381 e. The first kappa shape index (κ1) is 6.97. The van der Waals surface area contributed by atoms with Crippen molar-refractivity contribution < 1.29 is 0 Å². The fourth-order valence-corrected chi connectivity index (χ4v) is 1.10. The van der Waals surface area contributed by atoms with Crippen LogP contribution in [0.3, 0.4) is 0 Å². The van der Waals surface area contributed by atoms with Crippen molar-refractivity contribution >= 4 is 0 Å². The summed E-state index contributed by atoms with van der Waals surface area (Å²) in [6.45, 7) is 0. The molecule has 0 fully saturated rings. The summed E-state index contributed by atoms with van der Waals surface area (Å²) in [6, 6.07) is 0. The van der Waals surface area contributed by atoms with Gasteiger partial charge in [0.1, 0.15) is 0 Å². The van der Waals surface area contributed by atoms with Gasteiger partial charge in [-0.2, -0.15) is 0 Å². The Labute approximate surface area is 62.3 Å².